The number of tetrazole rings is 1. The number of carbonyl (C=O) groups is 2. The number of hydrogen-bond acceptors (Lipinski definition) is 5. The quantitative estimate of drug-likeness (QED) is 0.580. The first kappa shape index (κ1) is 15.2. The SMILES string of the molecule is O=C1Nc2nnnn2C(=O)C1(Cc1ccccc1)Cc1ccccc1. The summed E-state index contributed by atoms with van der Waals surface area (Å²) in [6.45, 7) is 0. The number of nitrogens with one attached hydrogen (secondary N) is 1. The van der Waals surface area contributed by atoms with Crippen LogP contribution in [-0.4, -0.2) is 32.0 Å². The minimum Gasteiger partial charge on any atom is -0.292 e. The zero-order valence-electron chi connectivity index (χ0n) is 13.3. The minimum absolute atomic E-state index is 0.0618. The average Bonchev–Trinajstić information content (AvgIpc) is 3.10. The van der Waals surface area contributed by atoms with Gasteiger partial charge in [-0.1, -0.05) is 65.8 Å². The minimum atomic E-state index is -1.30. The standard InChI is InChI=1S/C18H15N5O2/c24-15-18(11-13-7-3-1-4-8-13,12-14-9-5-2-6-10-14)16(25)23-17(19-15)20-21-22-23/h1-10H,11-12H2,(H,19,20,22,24). The lowest BCUT2D eigenvalue weighted by Crippen LogP contribution is -2.53. The second-order valence-electron chi connectivity index (χ2n) is 6.08. The molecule has 4 rings (SSSR count). The summed E-state index contributed by atoms with van der Waals surface area (Å²) in [7, 11) is 0. The summed E-state index contributed by atoms with van der Waals surface area (Å²) in [5.41, 5.74) is 0.502. The van der Waals surface area contributed by atoms with E-state index in [9.17, 15) is 9.59 Å². The van der Waals surface area contributed by atoms with Crippen molar-refractivity contribution in [2.75, 3.05) is 5.32 Å². The van der Waals surface area contributed by atoms with Crippen LogP contribution >= 0.6 is 0 Å². The van der Waals surface area contributed by atoms with Gasteiger partial charge in [0.25, 0.3) is 11.9 Å². The maximum atomic E-state index is 13.2. The van der Waals surface area contributed by atoms with E-state index in [0.29, 0.717) is 0 Å². The number of anilines is 1. The van der Waals surface area contributed by atoms with E-state index >= 15 is 0 Å². The summed E-state index contributed by atoms with van der Waals surface area (Å²) in [6, 6.07) is 19.0. The van der Waals surface area contributed by atoms with Gasteiger partial charge in [-0.15, -0.1) is 4.68 Å². The Labute approximate surface area is 143 Å². The molecule has 25 heavy (non-hydrogen) atoms. The molecule has 0 spiro atoms. The molecule has 0 saturated heterocycles. The topological polar surface area (TPSA) is 89.8 Å². The van der Waals surface area contributed by atoms with Crippen molar-refractivity contribution in [3.8, 4) is 0 Å². The molecule has 1 aliphatic rings. The molecule has 7 nitrogen and oxygen atoms in total. The molecule has 1 N–H and O–H groups in total. The molecule has 0 saturated carbocycles. The van der Waals surface area contributed by atoms with Crippen LogP contribution in [-0.2, 0) is 17.6 Å². The predicted molar refractivity (Wildman–Crippen MR) is 89.8 cm³/mol. The highest BCUT2D eigenvalue weighted by molar-refractivity contribution is 6.14. The first-order valence-electron chi connectivity index (χ1n) is 7.91. The molecular weight excluding hydrogens is 318 g/mol. The molecule has 1 amide bonds. The van der Waals surface area contributed by atoms with E-state index in [0.717, 1.165) is 15.8 Å². The fourth-order valence-electron chi connectivity index (χ4n) is 3.19. The molecule has 0 fully saturated rings. The Morgan fingerprint density at radius 3 is 2.00 bits per heavy atom. The summed E-state index contributed by atoms with van der Waals surface area (Å²) in [4.78, 5) is 26.1. The third kappa shape index (κ3) is 2.59. The Hall–Kier alpha value is -3.35. The molecule has 0 radical (unpaired) electrons. The highest BCUT2D eigenvalue weighted by Crippen LogP contribution is 2.34. The number of aromatic nitrogens is 4. The number of nitrogens with zero attached hydrogens (tertiary/aromatic N) is 4. The second-order valence-corrected chi connectivity index (χ2v) is 6.08. The number of rotatable bonds is 4. The van der Waals surface area contributed by atoms with Gasteiger partial charge >= 0.3 is 0 Å². The van der Waals surface area contributed by atoms with Crippen molar-refractivity contribution < 1.29 is 9.59 Å². The summed E-state index contributed by atoms with van der Waals surface area (Å²) in [5, 5.41) is 13.6. The van der Waals surface area contributed by atoms with Gasteiger partial charge in [-0.2, -0.15) is 0 Å². The Kier molecular flexibility index (Phi) is 3.61. The zero-order valence-corrected chi connectivity index (χ0v) is 13.3. The van der Waals surface area contributed by atoms with Crippen LogP contribution in [0.4, 0.5) is 5.95 Å². The molecular formula is C18H15N5O2. The molecule has 2 heterocycles. The van der Waals surface area contributed by atoms with E-state index in [1.54, 1.807) is 0 Å². The van der Waals surface area contributed by atoms with E-state index in [1.807, 2.05) is 60.7 Å². The fourth-order valence-corrected chi connectivity index (χ4v) is 3.19. The average molecular weight is 333 g/mol. The third-order valence-electron chi connectivity index (χ3n) is 4.43. The van der Waals surface area contributed by atoms with E-state index < -0.39 is 11.3 Å². The molecule has 0 unspecified atom stereocenters. The Bertz CT molecular complexity index is 879. The van der Waals surface area contributed by atoms with Crippen LogP contribution in [0.25, 0.3) is 0 Å². The lowest BCUT2D eigenvalue weighted by atomic mass is 9.74. The first-order chi connectivity index (χ1) is 12.2. The predicted octanol–water partition coefficient (Wildman–Crippen LogP) is 1.74. The molecule has 0 atom stereocenters. The molecule has 7 heteroatoms. The van der Waals surface area contributed by atoms with Crippen LogP contribution < -0.4 is 5.32 Å². The molecule has 1 aliphatic heterocycles. The van der Waals surface area contributed by atoms with E-state index in [2.05, 4.69) is 20.8 Å². The molecule has 124 valence electrons. The van der Waals surface area contributed by atoms with Gasteiger partial charge in [-0.3, -0.25) is 14.9 Å². The lowest BCUT2D eigenvalue weighted by Gasteiger charge is -2.33. The highest BCUT2D eigenvalue weighted by atomic mass is 16.2. The summed E-state index contributed by atoms with van der Waals surface area (Å²) in [6.07, 6.45) is 0.541. The van der Waals surface area contributed by atoms with Crippen molar-refractivity contribution in [1.82, 2.24) is 20.2 Å². The van der Waals surface area contributed by atoms with E-state index in [-0.39, 0.29) is 24.7 Å². The van der Waals surface area contributed by atoms with Gasteiger partial charge in [0.05, 0.1) is 0 Å². The Morgan fingerprint density at radius 1 is 0.880 bits per heavy atom. The zero-order chi connectivity index (χ0) is 17.3. The number of amides is 1. The molecule has 1 aromatic heterocycles. The largest absolute Gasteiger partial charge is 0.292 e. The maximum absolute atomic E-state index is 13.2. The third-order valence-corrected chi connectivity index (χ3v) is 4.43. The summed E-state index contributed by atoms with van der Waals surface area (Å²) >= 11 is 0. The molecule has 0 bridgehead atoms. The van der Waals surface area contributed by atoms with Crippen molar-refractivity contribution in [3.05, 3.63) is 71.8 Å². The van der Waals surface area contributed by atoms with Crippen LogP contribution in [0.1, 0.15) is 15.9 Å². The van der Waals surface area contributed by atoms with Crippen LogP contribution in [0, 0.1) is 5.41 Å². The number of fused-ring (bicyclic) bond motifs is 1. The van der Waals surface area contributed by atoms with Crippen LogP contribution in [0.3, 0.4) is 0 Å². The van der Waals surface area contributed by atoms with Crippen LogP contribution in [0.2, 0.25) is 0 Å². The van der Waals surface area contributed by atoms with Gasteiger partial charge in [-0.05, 0) is 34.4 Å². The van der Waals surface area contributed by atoms with E-state index in [4.69, 9.17) is 0 Å². The second kappa shape index (κ2) is 5.94. The lowest BCUT2D eigenvalue weighted by molar-refractivity contribution is -0.124. The number of benzene rings is 2. The van der Waals surface area contributed by atoms with Crippen molar-refractivity contribution in [3.63, 3.8) is 0 Å². The van der Waals surface area contributed by atoms with Gasteiger partial charge in [0, 0.05) is 0 Å². The fraction of sp³-hybridized carbons (Fsp3) is 0.167. The van der Waals surface area contributed by atoms with Gasteiger partial charge in [-0.25, -0.2) is 0 Å². The Morgan fingerprint density at radius 2 is 1.44 bits per heavy atom. The smallest absolute Gasteiger partial charge is 0.267 e. The maximum Gasteiger partial charge on any atom is 0.267 e. The summed E-state index contributed by atoms with van der Waals surface area (Å²) < 4.78 is 1.08. The van der Waals surface area contributed by atoms with Crippen molar-refractivity contribution in [2.45, 2.75) is 12.8 Å². The van der Waals surface area contributed by atoms with E-state index in [1.165, 1.54) is 0 Å². The van der Waals surface area contributed by atoms with Crippen molar-refractivity contribution in [2.24, 2.45) is 5.41 Å². The molecule has 3 aromatic rings. The monoisotopic (exact) mass is 333 g/mol. The normalized spacial score (nSPS) is 15.5. The van der Waals surface area contributed by atoms with Crippen molar-refractivity contribution in [1.29, 1.82) is 0 Å². The Balaban J connectivity index is 1.81. The summed E-state index contributed by atoms with van der Waals surface area (Å²) in [5.74, 6) is -0.733. The van der Waals surface area contributed by atoms with Gasteiger partial charge in [0.15, 0.2) is 0 Å². The van der Waals surface area contributed by atoms with Gasteiger partial charge in [0.1, 0.15) is 5.41 Å². The van der Waals surface area contributed by atoms with Crippen LogP contribution in [0.5, 0.6) is 0 Å². The highest BCUT2D eigenvalue weighted by Gasteiger charge is 2.51. The molecule has 2 aromatic carbocycles. The number of carbonyl (C=O) groups excluding carboxylic acids is 2. The van der Waals surface area contributed by atoms with Gasteiger partial charge < -0.3 is 0 Å². The van der Waals surface area contributed by atoms with Gasteiger partial charge in [0.2, 0.25) is 5.91 Å². The van der Waals surface area contributed by atoms with Crippen molar-refractivity contribution >= 4 is 17.8 Å². The van der Waals surface area contributed by atoms with Crippen LogP contribution in [0.15, 0.2) is 60.7 Å². The number of hydrogen-bond donors (Lipinski definition) is 1. The molecule has 0 aliphatic carbocycles. The first-order valence-corrected chi connectivity index (χ1v) is 7.91.